The first kappa shape index (κ1) is 20.5. The fourth-order valence-corrected chi connectivity index (χ4v) is 3.04. The molecule has 31 heavy (non-hydrogen) atoms. The average molecular weight is 413 g/mol. The van der Waals surface area contributed by atoms with Crippen LogP contribution in [0.3, 0.4) is 0 Å². The summed E-state index contributed by atoms with van der Waals surface area (Å²) >= 11 is 0. The van der Waals surface area contributed by atoms with Gasteiger partial charge in [-0.1, -0.05) is 48.5 Å². The van der Waals surface area contributed by atoms with Gasteiger partial charge in [-0.05, 0) is 48.4 Å². The van der Waals surface area contributed by atoms with E-state index >= 15 is 0 Å². The first-order valence-electron chi connectivity index (χ1n) is 10.2. The number of nitrogens with zero attached hydrogens (tertiary/aromatic N) is 2. The number of ether oxygens (including phenoxy) is 1. The molecule has 0 atom stereocenters. The first-order chi connectivity index (χ1) is 15.3. The van der Waals surface area contributed by atoms with Crippen molar-refractivity contribution in [3.05, 3.63) is 96.1 Å². The highest BCUT2D eigenvalue weighted by Gasteiger charge is 2.11. The van der Waals surface area contributed by atoms with Crippen molar-refractivity contribution in [1.82, 2.24) is 15.5 Å². The summed E-state index contributed by atoms with van der Waals surface area (Å²) in [5, 5.41) is 11.1. The summed E-state index contributed by atoms with van der Waals surface area (Å²) in [6.45, 7) is 1.73. The van der Waals surface area contributed by atoms with E-state index in [-0.39, 0.29) is 5.91 Å². The second kappa shape index (κ2) is 10.3. The molecule has 156 valence electrons. The Balaban J connectivity index is 1.23. The second-order valence-electron chi connectivity index (χ2n) is 7.00. The van der Waals surface area contributed by atoms with E-state index in [0.29, 0.717) is 37.1 Å². The van der Waals surface area contributed by atoms with Gasteiger partial charge in [-0.25, -0.2) is 0 Å². The normalized spacial score (nSPS) is 10.7. The van der Waals surface area contributed by atoms with E-state index in [1.54, 1.807) is 24.3 Å². The molecular formula is C25H23N3O3. The highest BCUT2D eigenvalue weighted by atomic mass is 16.5. The monoisotopic (exact) mass is 413 g/mol. The number of hydrogen-bond acceptors (Lipinski definition) is 5. The van der Waals surface area contributed by atoms with Gasteiger partial charge >= 0.3 is 0 Å². The van der Waals surface area contributed by atoms with Crippen LogP contribution in [0.4, 0.5) is 0 Å². The largest absolute Gasteiger partial charge is 0.416 e. The number of nitrogens with one attached hydrogen (secondary N) is 1. The van der Waals surface area contributed by atoms with E-state index < -0.39 is 0 Å². The third-order valence-corrected chi connectivity index (χ3v) is 4.70. The van der Waals surface area contributed by atoms with Gasteiger partial charge in [0.2, 0.25) is 11.8 Å². The van der Waals surface area contributed by atoms with Crippen molar-refractivity contribution >= 4 is 5.91 Å². The van der Waals surface area contributed by atoms with Crippen LogP contribution in [-0.2, 0) is 11.3 Å². The third-order valence-electron chi connectivity index (χ3n) is 4.70. The number of aromatic nitrogens is 2. The van der Waals surface area contributed by atoms with Crippen molar-refractivity contribution < 1.29 is 13.9 Å². The Bertz CT molecular complexity index is 1090. The molecule has 4 aromatic rings. The summed E-state index contributed by atoms with van der Waals surface area (Å²) < 4.78 is 11.4. The van der Waals surface area contributed by atoms with Crippen molar-refractivity contribution in [2.24, 2.45) is 0 Å². The third kappa shape index (κ3) is 5.65. The maximum atomic E-state index is 12.3. The molecule has 0 radical (unpaired) electrons. The van der Waals surface area contributed by atoms with Crippen molar-refractivity contribution in [1.29, 1.82) is 0 Å². The number of amides is 1. The van der Waals surface area contributed by atoms with E-state index in [9.17, 15) is 4.79 Å². The molecule has 1 amide bonds. The molecule has 0 saturated heterocycles. The summed E-state index contributed by atoms with van der Waals surface area (Å²) in [5.41, 5.74) is 3.35. The molecule has 3 aromatic carbocycles. The Morgan fingerprint density at radius 3 is 2.10 bits per heavy atom. The van der Waals surface area contributed by atoms with Crippen LogP contribution in [0.2, 0.25) is 0 Å². The summed E-state index contributed by atoms with van der Waals surface area (Å²) in [6, 6.07) is 26.7. The number of benzene rings is 3. The van der Waals surface area contributed by atoms with Crippen LogP contribution in [0.15, 0.2) is 89.3 Å². The zero-order valence-electron chi connectivity index (χ0n) is 17.0. The molecule has 6 heteroatoms. The van der Waals surface area contributed by atoms with Gasteiger partial charge in [0.1, 0.15) is 0 Å². The molecule has 1 aromatic heterocycles. The molecule has 0 fully saturated rings. The molecular weight excluding hydrogens is 390 g/mol. The Morgan fingerprint density at radius 1 is 0.806 bits per heavy atom. The molecule has 0 aliphatic carbocycles. The predicted molar refractivity (Wildman–Crippen MR) is 118 cm³/mol. The van der Waals surface area contributed by atoms with Gasteiger partial charge in [0.25, 0.3) is 5.91 Å². The molecule has 0 aliphatic rings. The van der Waals surface area contributed by atoms with Crippen LogP contribution >= 0.6 is 0 Å². The summed E-state index contributed by atoms with van der Waals surface area (Å²) in [4.78, 5) is 12.3. The lowest BCUT2D eigenvalue weighted by molar-refractivity contribution is 0.0934. The zero-order chi connectivity index (χ0) is 21.3. The van der Waals surface area contributed by atoms with Crippen molar-refractivity contribution in [3.8, 4) is 22.9 Å². The topological polar surface area (TPSA) is 77.2 Å². The van der Waals surface area contributed by atoms with Gasteiger partial charge < -0.3 is 14.5 Å². The lowest BCUT2D eigenvalue weighted by Crippen LogP contribution is -2.25. The lowest BCUT2D eigenvalue weighted by atomic mass is 10.1. The second-order valence-corrected chi connectivity index (χ2v) is 7.00. The van der Waals surface area contributed by atoms with Crippen molar-refractivity contribution in [3.63, 3.8) is 0 Å². The molecule has 0 bridgehead atoms. The Morgan fingerprint density at radius 2 is 1.42 bits per heavy atom. The van der Waals surface area contributed by atoms with E-state index in [0.717, 1.165) is 23.1 Å². The van der Waals surface area contributed by atoms with Gasteiger partial charge in [-0.3, -0.25) is 4.79 Å². The van der Waals surface area contributed by atoms with Crippen molar-refractivity contribution in [2.45, 2.75) is 13.0 Å². The fraction of sp³-hybridized carbons (Fsp3) is 0.160. The van der Waals surface area contributed by atoms with Crippen LogP contribution in [-0.4, -0.2) is 29.3 Å². The Kier molecular flexibility index (Phi) is 6.82. The zero-order valence-corrected chi connectivity index (χ0v) is 17.0. The molecule has 1 N–H and O–H groups in total. The average Bonchev–Trinajstić information content (AvgIpc) is 3.33. The highest BCUT2D eigenvalue weighted by molar-refractivity contribution is 5.94. The molecule has 0 spiro atoms. The molecule has 4 rings (SSSR count). The maximum Gasteiger partial charge on any atom is 0.251 e. The number of carbonyl (C=O) groups is 1. The minimum absolute atomic E-state index is 0.120. The minimum Gasteiger partial charge on any atom is -0.416 e. The van der Waals surface area contributed by atoms with Gasteiger partial charge in [-0.2, -0.15) is 0 Å². The smallest absolute Gasteiger partial charge is 0.251 e. The van der Waals surface area contributed by atoms with Gasteiger partial charge in [0, 0.05) is 29.8 Å². The van der Waals surface area contributed by atoms with Gasteiger partial charge in [0.15, 0.2) is 0 Å². The predicted octanol–water partition coefficient (Wildman–Crippen LogP) is 4.74. The number of rotatable bonds is 9. The SMILES string of the molecule is O=C(NCCCOCc1ccccc1)c1ccc(-c2nnc(-c3ccccc3)o2)cc1. The maximum absolute atomic E-state index is 12.3. The highest BCUT2D eigenvalue weighted by Crippen LogP contribution is 2.23. The molecule has 6 nitrogen and oxygen atoms in total. The van der Waals surface area contributed by atoms with Crippen molar-refractivity contribution in [2.75, 3.05) is 13.2 Å². The summed E-state index contributed by atoms with van der Waals surface area (Å²) in [5.74, 6) is 0.762. The van der Waals surface area contributed by atoms with E-state index in [1.807, 2.05) is 60.7 Å². The number of carbonyl (C=O) groups excluding carboxylic acids is 1. The molecule has 0 saturated carbocycles. The molecule has 0 aliphatic heterocycles. The molecule has 0 unspecified atom stereocenters. The first-order valence-corrected chi connectivity index (χ1v) is 10.2. The van der Waals surface area contributed by atoms with E-state index in [1.165, 1.54) is 0 Å². The fourth-order valence-electron chi connectivity index (χ4n) is 3.04. The van der Waals surface area contributed by atoms with Crippen LogP contribution < -0.4 is 5.32 Å². The quantitative estimate of drug-likeness (QED) is 0.401. The van der Waals surface area contributed by atoms with Crippen LogP contribution in [0.25, 0.3) is 22.9 Å². The number of hydrogen-bond donors (Lipinski definition) is 1. The molecule has 1 heterocycles. The van der Waals surface area contributed by atoms with E-state index in [4.69, 9.17) is 9.15 Å². The summed E-state index contributed by atoms with van der Waals surface area (Å²) in [7, 11) is 0. The van der Waals surface area contributed by atoms with Crippen LogP contribution in [0.5, 0.6) is 0 Å². The van der Waals surface area contributed by atoms with E-state index in [2.05, 4.69) is 15.5 Å². The van der Waals surface area contributed by atoms with Crippen LogP contribution in [0.1, 0.15) is 22.3 Å². The standard InChI is InChI=1S/C25H23N3O3/c29-23(26-16-7-17-30-18-19-8-3-1-4-9-19)20-12-14-22(15-13-20)25-28-27-24(31-25)21-10-5-2-6-11-21/h1-6,8-15H,7,16-18H2,(H,26,29). The lowest BCUT2D eigenvalue weighted by Gasteiger charge is -2.07. The van der Waals surface area contributed by atoms with Gasteiger partial charge in [-0.15, -0.1) is 10.2 Å². The Labute approximate surface area is 180 Å². The van der Waals surface area contributed by atoms with Gasteiger partial charge in [0.05, 0.1) is 6.61 Å². The minimum atomic E-state index is -0.120. The summed E-state index contributed by atoms with van der Waals surface area (Å²) in [6.07, 6.45) is 0.751. The Hall–Kier alpha value is -3.77. The van der Waals surface area contributed by atoms with Crippen LogP contribution in [0, 0.1) is 0 Å².